The second kappa shape index (κ2) is 5.77. The molecular weight excluding hydrogens is 298 g/mol. The molecule has 0 saturated heterocycles. The molecular formula is C17H15NO3S. The first kappa shape index (κ1) is 14.5. The summed E-state index contributed by atoms with van der Waals surface area (Å²) in [4.78, 5) is 27.8. The fraction of sp³-hybridized carbons (Fsp3) is 0.176. The Kier molecular flexibility index (Phi) is 3.81. The van der Waals surface area contributed by atoms with Crippen molar-refractivity contribution in [3.63, 3.8) is 0 Å². The molecule has 0 atom stereocenters. The van der Waals surface area contributed by atoms with E-state index >= 15 is 0 Å². The van der Waals surface area contributed by atoms with Crippen LogP contribution in [-0.4, -0.2) is 17.6 Å². The molecule has 0 spiro atoms. The van der Waals surface area contributed by atoms with Gasteiger partial charge >= 0.3 is 5.97 Å². The topological polar surface area (TPSA) is 59.2 Å². The number of benzene rings is 1. The summed E-state index contributed by atoms with van der Waals surface area (Å²) in [6.45, 7) is 3.93. The zero-order valence-corrected chi connectivity index (χ0v) is 13.1. The molecule has 0 aliphatic heterocycles. The highest BCUT2D eigenvalue weighted by Gasteiger charge is 2.17. The van der Waals surface area contributed by atoms with Gasteiger partial charge in [0.05, 0.1) is 16.8 Å². The molecule has 0 radical (unpaired) electrons. The summed E-state index contributed by atoms with van der Waals surface area (Å²) in [5, 5.41) is 0. The minimum absolute atomic E-state index is 0.0511. The molecule has 22 heavy (non-hydrogen) atoms. The van der Waals surface area contributed by atoms with Gasteiger partial charge in [-0.05, 0) is 31.0 Å². The number of esters is 1. The molecule has 5 heteroatoms. The van der Waals surface area contributed by atoms with E-state index in [0.29, 0.717) is 0 Å². The number of H-pyrrole nitrogens is 1. The third-order valence-corrected chi connectivity index (χ3v) is 4.75. The number of aryl methyl sites for hydroxylation is 1. The van der Waals surface area contributed by atoms with Crippen LogP contribution >= 0.6 is 11.3 Å². The third kappa shape index (κ3) is 2.44. The smallest absolute Gasteiger partial charge is 0.343 e. The summed E-state index contributed by atoms with van der Waals surface area (Å²) in [6.07, 6.45) is 0. The summed E-state index contributed by atoms with van der Waals surface area (Å²) in [5.74, 6) is -0.585. The van der Waals surface area contributed by atoms with Gasteiger partial charge in [0.2, 0.25) is 0 Å². The first-order valence-electron chi connectivity index (χ1n) is 7.00. The summed E-state index contributed by atoms with van der Waals surface area (Å²) >= 11 is 1.56. The van der Waals surface area contributed by atoms with Crippen LogP contribution in [0, 0.1) is 6.92 Å². The normalized spacial score (nSPS) is 10.8. The fourth-order valence-corrected chi connectivity index (χ4v) is 3.61. The molecule has 3 rings (SSSR count). The maximum Gasteiger partial charge on any atom is 0.343 e. The lowest BCUT2D eigenvalue weighted by atomic mass is 10.1. The highest BCUT2D eigenvalue weighted by Crippen LogP contribution is 2.36. The van der Waals surface area contributed by atoms with Gasteiger partial charge in [-0.25, -0.2) is 4.79 Å². The first-order chi connectivity index (χ1) is 10.6. The van der Waals surface area contributed by atoms with Gasteiger partial charge in [-0.2, -0.15) is 0 Å². The molecule has 0 aliphatic carbocycles. The molecule has 112 valence electrons. The second-order valence-corrected chi connectivity index (χ2v) is 5.95. The lowest BCUT2D eigenvalue weighted by Gasteiger charge is -2.01. The summed E-state index contributed by atoms with van der Waals surface area (Å²) in [6, 6.07) is 11.6. The van der Waals surface area contributed by atoms with Gasteiger partial charge in [-0.1, -0.05) is 30.3 Å². The van der Waals surface area contributed by atoms with E-state index in [-0.39, 0.29) is 12.2 Å². The molecule has 4 nitrogen and oxygen atoms in total. The SMILES string of the molecule is CCOC(=O)c1cc2sc(-c3ccccc3)c(C)c2[nH]c1=O. The van der Waals surface area contributed by atoms with Crippen LogP contribution in [-0.2, 0) is 4.74 Å². The average molecular weight is 313 g/mol. The van der Waals surface area contributed by atoms with Crippen molar-refractivity contribution >= 4 is 27.5 Å². The Morgan fingerprint density at radius 1 is 1.27 bits per heavy atom. The van der Waals surface area contributed by atoms with Crippen molar-refractivity contribution in [2.75, 3.05) is 6.61 Å². The predicted molar refractivity (Wildman–Crippen MR) is 88.6 cm³/mol. The van der Waals surface area contributed by atoms with Crippen molar-refractivity contribution in [1.29, 1.82) is 0 Å². The van der Waals surface area contributed by atoms with Crippen LogP contribution in [0.15, 0.2) is 41.2 Å². The molecule has 2 heterocycles. The number of carbonyl (C=O) groups is 1. The summed E-state index contributed by atoms with van der Waals surface area (Å²) in [7, 11) is 0. The number of aromatic amines is 1. The number of pyridine rings is 1. The lowest BCUT2D eigenvalue weighted by molar-refractivity contribution is 0.0524. The highest BCUT2D eigenvalue weighted by molar-refractivity contribution is 7.22. The van der Waals surface area contributed by atoms with E-state index in [2.05, 4.69) is 4.98 Å². The van der Waals surface area contributed by atoms with E-state index < -0.39 is 11.5 Å². The maximum absolute atomic E-state index is 12.1. The van der Waals surface area contributed by atoms with Crippen molar-refractivity contribution in [1.82, 2.24) is 4.98 Å². The quantitative estimate of drug-likeness (QED) is 0.749. The van der Waals surface area contributed by atoms with E-state index in [9.17, 15) is 9.59 Å². The Morgan fingerprint density at radius 2 is 2.00 bits per heavy atom. The number of thiophene rings is 1. The van der Waals surface area contributed by atoms with E-state index in [4.69, 9.17) is 4.74 Å². The standard InChI is InChI=1S/C17H15NO3S/c1-3-21-17(20)12-9-13-14(18-16(12)19)10(2)15(22-13)11-7-5-4-6-8-11/h4-9H,3H2,1-2H3,(H,18,19). The van der Waals surface area contributed by atoms with E-state index in [0.717, 1.165) is 26.2 Å². The second-order valence-electron chi connectivity index (χ2n) is 4.89. The van der Waals surface area contributed by atoms with Crippen molar-refractivity contribution in [3.8, 4) is 10.4 Å². The van der Waals surface area contributed by atoms with E-state index in [1.54, 1.807) is 24.3 Å². The van der Waals surface area contributed by atoms with Gasteiger partial charge in [-0.3, -0.25) is 4.79 Å². The fourth-order valence-electron chi connectivity index (χ4n) is 2.40. The Morgan fingerprint density at radius 3 is 2.68 bits per heavy atom. The number of ether oxygens (including phenoxy) is 1. The Labute approximate surface area is 131 Å². The molecule has 3 aromatic rings. The lowest BCUT2D eigenvalue weighted by Crippen LogP contribution is -2.19. The maximum atomic E-state index is 12.1. The van der Waals surface area contributed by atoms with Crippen molar-refractivity contribution in [3.05, 3.63) is 57.9 Å². The molecule has 2 aromatic heterocycles. The highest BCUT2D eigenvalue weighted by atomic mass is 32.1. The van der Waals surface area contributed by atoms with Gasteiger partial charge in [0, 0.05) is 4.88 Å². The zero-order chi connectivity index (χ0) is 15.7. The molecule has 0 unspecified atom stereocenters. The monoisotopic (exact) mass is 313 g/mol. The number of fused-ring (bicyclic) bond motifs is 1. The van der Waals surface area contributed by atoms with Crippen LogP contribution in [0.4, 0.5) is 0 Å². The number of carbonyl (C=O) groups excluding carboxylic acids is 1. The minimum atomic E-state index is -0.585. The number of nitrogens with one attached hydrogen (secondary N) is 1. The zero-order valence-electron chi connectivity index (χ0n) is 12.3. The average Bonchev–Trinajstić information content (AvgIpc) is 2.84. The van der Waals surface area contributed by atoms with Gasteiger partial charge in [0.1, 0.15) is 5.56 Å². The van der Waals surface area contributed by atoms with Crippen LogP contribution in [0.1, 0.15) is 22.8 Å². The van der Waals surface area contributed by atoms with Crippen molar-refractivity contribution < 1.29 is 9.53 Å². The number of aromatic nitrogens is 1. The Bertz CT molecular complexity index is 893. The molecule has 0 aliphatic rings. The molecule has 0 saturated carbocycles. The van der Waals surface area contributed by atoms with E-state index in [1.807, 2.05) is 37.3 Å². The summed E-state index contributed by atoms with van der Waals surface area (Å²) in [5.41, 5.74) is 2.53. The Balaban J connectivity index is 2.19. The largest absolute Gasteiger partial charge is 0.462 e. The third-order valence-electron chi connectivity index (χ3n) is 3.46. The molecule has 0 amide bonds. The van der Waals surface area contributed by atoms with Crippen LogP contribution in [0.25, 0.3) is 20.7 Å². The minimum Gasteiger partial charge on any atom is -0.462 e. The molecule has 0 bridgehead atoms. The van der Waals surface area contributed by atoms with Gasteiger partial charge < -0.3 is 9.72 Å². The van der Waals surface area contributed by atoms with E-state index in [1.165, 1.54) is 0 Å². The van der Waals surface area contributed by atoms with Crippen LogP contribution in [0.5, 0.6) is 0 Å². The predicted octanol–water partition coefficient (Wildman–Crippen LogP) is 3.74. The Hall–Kier alpha value is -2.40. The van der Waals surface area contributed by atoms with Crippen molar-refractivity contribution in [2.24, 2.45) is 0 Å². The van der Waals surface area contributed by atoms with Crippen LogP contribution in [0.3, 0.4) is 0 Å². The number of hydrogen-bond acceptors (Lipinski definition) is 4. The molecule has 0 fully saturated rings. The van der Waals surface area contributed by atoms with Crippen LogP contribution < -0.4 is 5.56 Å². The van der Waals surface area contributed by atoms with Gasteiger partial charge in [-0.15, -0.1) is 11.3 Å². The van der Waals surface area contributed by atoms with Gasteiger partial charge in [0.25, 0.3) is 5.56 Å². The van der Waals surface area contributed by atoms with Gasteiger partial charge in [0.15, 0.2) is 0 Å². The molecule has 1 aromatic carbocycles. The number of hydrogen-bond donors (Lipinski definition) is 1. The van der Waals surface area contributed by atoms with Crippen molar-refractivity contribution in [2.45, 2.75) is 13.8 Å². The summed E-state index contributed by atoms with van der Waals surface area (Å²) < 4.78 is 5.80. The molecule has 1 N–H and O–H groups in total. The first-order valence-corrected chi connectivity index (χ1v) is 7.82. The van der Waals surface area contributed by atoms with Crippen LogP contribution in [0.2, 0.25) is 0 Å². The number of rotatable bonds is 3.